The van der Waals surface area contributed by atoms with Gasteiger partial charge in [0.1, 0.15) is 0 Å². The Balaban J connectivity index is 0. The van der Waals surface area contributed by atoms with E-state index in [2.05, 4.69) is 11.9 Å². The van der Waals surface area contributed by atoms with Crippen LogP contribution in [0.3, 0.4) is 0 Å². The van der Waals surface area contributed by atoms with Crippen molar-refractivity contribution in [3.63, 3.8) is 0 Å². The Morgan fingerprint density at radius 1 is 1.31 bits per heavy atom. The zero-order valence-electron chi connectivity index (χ0n) is 8.03. The molecule has 82 valence electrons. The second-order valence-corrected chi connectivity index (χ2v) is 3.64. The molecule has 0 radical (unpaired) electrons. The monoisotopic (exact) mass is 230 g/mol. The lowest BCUT2D eigenvalue weighted by atomic mass is 9.86. The molecule has 0 unspecified atom stereocenters. The summed E-state index contributed by atoms with van der Waals surface area (Å²) in [5.74, 6) is 0. The highest BCUT2D eigenvalue weighted by Crippen LogP contribution is 2.21. The lowest BCUT2D eigenvalue weighted by molar-refractivity contribution is 0.153. The number of nitrogens with zero attached hydrogens (tertiary/aromatic N) is 1. The summed E-state index contributed by atoms with van der Waals surface area (Å²) < 4.78 is 0. The second kappa shape index (κ2) is 6.85. The maximum Gasteiger partial charge on any atom is 0.0448 e. The van der Waals surface area contributed by atoms with Gasteiger partial charge >= 0.3 is 0 Å². The predicted octanol–water partition coefficient (Wildman–Crippen LogP) is 0.635. The van der Waals surface area contributed by atoms with E-state index in [1.165, 1.54) is 0 Å². The summed E-state index contributed by atoms with van der Waals surface area (Å²) >= 11 is 0. The minimum atomic E-state index is -0.0821. The van der Waals surface area contributed by atoms with Gasteiger partial charge in [-0.1, -0.05) is 0 Å². The van der Waals surface area contributed by atoms with E-state index in [0.29, 0.717) is 0 Å². The average Bonchev–Trinajstić information content (AvgIpc) is 1.97. The minimum Gasteiger partial charge on any atom is -0.396 e. The number of piperidine rings is 1. The summed E-state index contributed by atoms with van der Waals surface area (Å²) in [6.45, 7) is 2.35. The Labute approximate surface area is 92.5 Å². The van der Waals surface area contributed by atoms with Crippen LogP contribution in [0.25, 0.3) is 0 Å². The van der Waals surface area contributed by atoms with Crippen LogP contribution >= 0.6 is 24.8 Å². The molecule has 0 aromatic rings. The third kappa shape index (κ3) is 5.03. The largest absolute Gasteiger partial charge is 0.396 e. The molecule has 0 aromatic heterocycles. The number of nitrogens with two attached hydrogens (primary N) is 1. The first-order valence-corrected chi connectivity index (χ1v) is 4.25. The number of aliphatic hydroxyl groups excluding tert-OH is 1. The van der Waals surface area contributed by atoms with Crippen molar-refractivity contribution < 1.29 is 5.11 Å². The highest BCUT2D eigenvalue weighted by molar-refractivity contribution is 5.85. The Hall–Kier alpha value is 0.460. The van der Waals surface area contributed by atoms with E-state index in [4.69, 9.17) is 10.8 Å². The van der Waals surface area contributed by atoms with E-state index >= 15 is 0 Å². The summed E-state index contributed by atoms with van der Waals surface area (Å²) in [5, 5.41) is 8.76. The smallest absolute Gasteiger partial charge is 0.0448 e. The molecular formula is C8H20Cl2N2O. The van der Waals surface area contributed by atoms with E-state index in [1.54, 1.807) is 0 Å². The van der Waals surface area contributed by atoms with Crippen molar-refractivity contribution >= 4 is 24.8 Å². The molecule has 0 atom stereocenters. The van der Waals surface area contributed by atoms with E-state index in [-0.39, 0.29) is 37.0 Å². The van der Waals surface area contributed by atoms with Gasteiger partial charge in [0.05, 0.1) is 0 Å². The van der Waals surface area contributed by atoms with Gasteiger partial charge in [0.15, 0.2) is 0 Å². The third-order valence-corrected chi connectivity index (χ3v) is 2.59. The molecule has 0 spiro atoms. The summed E-state index contributed by atoms with van der Waals surface area (Å²) in [6, 6.07) is 0. The Kier molecular flexibility index (Phi) is 8.38. The van der Waals surface area contributed by atoms with Gasteiger partial charge in [-0.15, -0.1) is 24.8 Å². The van der Waals surface area contributed by atoms with Crippen molar-refractivity contribution in [2.75, 3.05) is 26.7 Å². The van der Waals surface area contributed by atoms with E-state index in [9.17, 15) is 0 Å². The Bertz CT molecular complexity index is 127. The molecular weight excluding hydrogens is 211 g/mol. The lowest BCUT2D eigenvalue weighted by Crippen LogP contribution is -2.49. The molecule has 0 aromatic carbocycles. The molecule has 1 heterocycles. The van der Waals surface area contributed by atoms with E-state index in [0.717, 1.165) is 32.4 Å². The Morgan fingerprint density at radius 2 is 1.77 bits per heavy atom. The molecule has 3 N–H and O–H groups in total. The van der Waals surface area contributed by atoms with Crippen LogP contribution in [0.15, 0.2) is 0 Å². The summed E-state index contributed by atoms with van der Waals surface area (Å²) in [4.78, 5) is 2.28. The van der Waals surface area contributed by atoms with Crippen molar-refractivity contribution in [1.29, 1.82) is 0 Å². The van der Waals surface area contributed by atoms with Crippen LogP contribution in [0.2, 0.25) is 0 Å². The molecule has 5 heteroatoms. The van der Waals surface area contributed by atoms with Gasteiger partial charge in [-0.3, -0.25) is 0 Å². The zero-order valence-corrected chi connectivity index (χ0v) is 9.66. The van der Waals surface area contributed by atoms with Crippen LogP contribution in [0.4, 0.5) is 0 Å². The fraction of sp³-hybridized carbons (Fsp3) is 1.00. The molecule has 0 amide bonds. The number of rotatable bonds is 2. The zero-order chi connectivity index (χ0) is 8.32. The first-order chi connectivity index (χ1) is 5.16. The number of aliphatic hydroxyl groups is 1. The third-order valence-electron chi connectivity index (χ3n) is 2.59. The summed E-state index contributed by atoms with van der Waals surface area (Å²) in [5.41, 5.74) is 5.96. The molecule has 3 nitrogen and oxygen atoms in total. The van der Waals surface area contributed by atoms with Crippen molar-refractivity contribution in [3.05, 3.63) is 0 Å². The molecule has 0 saturated carbocycles. The van der Waals surface area contributed by atoms with Crippen LogP contribution in [0.5, 0.6) is 0 Å². The van der Waals surface area contributed by atoms with Crippen molar-refractivity contribution in [3.8, 4) is 0 Å². The van der Waals surface area contributed by atoms with Gasteiger partial charge in [-0.25, -0.2) is 0 Å². The second-order valence-electron chi connectivity index (χ2n) is 3.64. The molecule has 1 aliphatic rings. The maximum atomic E-state index is 8.76. The minimum absolute atomic E-state index is 0. The van der Waals surface area contributed by atoms with Gasteiger partial charge < -0.3 is 15.7 Å². The fourth-order valence-corrected chi connectivity index (χ4v) is 1.54. The van der Waals surface area contributed by atoms with Gasteiger partial charge in [0.2, 0.25) is 0 Å². The number of hydrogen-bond donors (Lipinski definition) is 2. The van der Waals surface area contributed by atoms with E-state index < -0.39 is 0 Å². The van der Waals surface area contributed by atoms with Crippen LogP contribution in [-0.4, -0.2) is 42.3 Å². The van der Waals surface area contributed by atoms with Crippen molar-refractivity contribution in [1.82, 2.24) is 4.90 Å². The molecule has 0 bridgehead atoms. The van der Waals surface area contributed by atoms with Crippen molar-refractivity contribution in [2.45, 2.75) is 24.8 Å². The van der Waals surface area contributed by atoms with E-state index in [1.807, 2.05) is 0 Å². The first kappa shape index (κ1) is 15.9. The fourth-order valence-electron chi connectivity index (χ4n) is 1.54. The number of likely N-dealkylation sites (tertiary alicyclic amines) is 1. The number of halogens is 2. The number of hydrogen-bond acceptors (Lipinski definition) is 3. The van der Waals surface area contributed by atoms with Crippen LogP contribution < -0.4 is 5.73 Å². The first-order valence-electron chi connectivity index (χ1n) is 4.25. The summed E-state index contributed by atoms with van der Waals surface area (Å²) in [6.07, 6.45) is 2.79. The predicted molar refractivity (Wildman–Crippen MR) is 59.8 cm³/mol. The topological polar surface area (TPSA) is 49.5 Å². The quantitative estimate of drug-likeness (QED) is 0.733. The van der Waals surface area contributed by atoms with Crippen molar-refractivity contribution in [2.24, 2.45) is 5.73 Å². The van der Waals surface area contributed by atoms with Gasteiger partial charge in [0.25, 0.3) is 0 Å². The lowest BCUT2D eigenvalue weighted by Gasteiger charge is -2.37. The SMILES string of the molecule is CN1CCC(N)(CCO)CC1.Cl.Cl. The summed E-state index contributed by atoms with van der Waals surface area (Å²) in [7, 11) is 2.11. The normalized spacial score (nSPS) is 21.5. The van der Waals surface area contributed by atoms with Crippen LogP contribution in [0.1, 0.15) is 19.3 Å². The standard InChI is InChI=1S/C8H18N2O.2ClH/c1-10-5-2-8(9,3-6-10)4-7-11;;/h11H,2-7,9H2,1H3;2*1H. The molecule has 1 saturated heterocycles. The van der Waals surface area contributed by atoms with Gasteiger partial charge in [0, 0.05) is 12.1 Å². The maximum absolute atomic E-state index is 8.76. The van der Waals surface area contributed by atoms with Crippen LogP contribution in [0, 0.1) is 0 Å². The molecule has 1 aliphatic heterocycles. The highest BCUT2D eigenvalue weighted by atomic mass is 35.5. The Morgan fingerprint density at radius 3 is 2.15 bits per heavy atom. The molecule has 13 heavy (non-hydrogen) atoms. The highest BCUT2D eigenvalue weighted by Gasteiger charge is 2.28. The van der Waals surface area contributed by atoms with Gasteiger partial charge in [-0.2, -0.15) is 0 Å². The molecule has 1 fully saturated rings. The van der Waals surface area contributed by atoms with Gasteiger partial charge in [-0.05, 0) is 39.4 Å². The van der Waals surface area contributed by atoms with Crippen LogP contribution in [-0.2, 0) is 0 Å². The molecule has 1 rings (SSSR count). The molecule has 0 aliphatic carbocycles. The average molecular weight is 231 g/mol.